The molecule has 0 saturated carbocycles. The Bertz CT molecular complexity index is 1170. The first-order chi connectivity index (χ1) is 13.9. The van der Waals surface area contributed by atoms with Crippen molar-refractivity contribution in [1.29, 1.82) is 0 Å². The number of para-hydroxylation sites is 1. The number of carbonyl (C=O) groups is 1. The average Bonchev–Trinajstić information content (AvgIpc) is 3.37. The molecule has 29 heavy (non-hydrogen) atoms. The zero-order valence-electron chi connectivity index (χ0n) is 15.6. The van der Waals surface area contributed by atoms with Crippen LogP contribution in [0, 0.1) is 0 Å². The summed E-state index contributed by atoms with van der Waals surface area (Å²) in [6.07, 6.45) is 0. The lowest BCUT2D eigenvalue weighted by Crippen LogP contribution is -2.22. The van der Waals surface area contributed by atoms with Gasteiger partial charge in [0.2, 0.25) is 16.8 Å². The van der Waals surface area contributed by atoms with Gasteiger partial charge in [-0.2, -0.15) is 0 Å². The number of benzene rings is 2. The van der Waals surface area contributed by atoms with Crippen molar-refractivity contribution in [3.05, 3.63) is 53.4 Å². The highest BCUT2D eigenvalue weighted by molar-refractivity contribution is 7.89. The molecule has 0 unspecified atom stereocenters. The van der Waals surface area contributed by atoms with Crippen LogP contribution < -0.4 is 14.8 Å². The number of hydrogen-bond donors (Lipinski definition) is 1. The highest BCUT2D eigenvalue weighted by Crippen LogP contribution is 2.36. The number of thiazole rings is 1. The lowest BCUT2D eigenvalue weighted by Gasteiger charge is -2.11. The monoisotopic (exact) mass is 431 g/mol. The molecule has 2 heterocycles. The third kappa shape index (κ3) is 3.69. The van der Waals surface area contributed by atoms with E-state index in [9.17, 15) is 13.2 Å². The van der Waals surface area contributed by atoms with Gasteiger partial charge in [0.25, 0.3) is 5.91 Å². The zero-order chi connectivity index (χ0) is 20.6. The molecule has 8 nitrogen and oxygen atoms in total. The minimum Gasteiger partial charge on any atom is -0.454 e. The van der Waals surface area contributed by atoms with Crippen LogP contribution in [0.25, 0.3) is 11.3 Å². The number of aromatic nitrogens is 1. The molecule has 3 aromatic rings. The zero-order valence-corrected chi connectivity index (χ0v) is 17.2. The Labute approximate surface area is 171 Å². The van der Waals surface area contributed by atoms with E-state index in [1.54, 1.807) is 35.7 Å². The predicted molar refractivity (Wildman–Crippen MR) is 109 cm³/mol. The third-order valence-electron chi connectivity index (χ3n) is 4.29. The SMILES string of the molecule is CN(C)S(=O)(=O)c1ccc(-c2csc(NC(=O)c3cccc4c3OCO4)n2)cc1. The van der Waals surface area contributed by atoms with Gasteiger partial charge in [-0.15, -0.1) is 11.3 Å². The average molecular weight is 431 g/mol. The standard InChI is InChI=1S/C19H17N3O5S2/c1-22(2)29(24,25)13-8-6-12(7-9-13)15-10-28-19(20-15)21-18(23)14-4-3-5-16-17(14)27-11-26-16/h3-10H,11H2,1-2H3,(H,20,21,23). The number of nitrogens with one attached hydrogen (secondary N) is 1. The molecule has 0 bridgehead atoms. The first-order valence-electron chi connectivity index (χ1n) is 8.55. The van der Waals surface area contributed by atoms with E-state index >= 15 is 0 Å². The molecule has 0 spiro atoms. The fourth-order valence-electron chi connectivity index (χ4n) is 2.75. The number of nitrogens with zero attached hydrogens (tertiary/aromatic N) is 2. The molecule has 0 radical (unpaired) electrons. The van der Waals surface area contributed by atoms with Crippen LogP contribution in [0.15, 0.2) is 52.7 Å². The molecule has 1 aliphatic heterocycles. The van der Waals surface area contributed by atoms with Crippen LogP contribution >= 0.6 is 11.3 Å². The van der Waals surface area contributed by atoms with E-state index in [0.29, 0.717) is 27.9 Å². The second kappa shape index (κ2) is 7.47. The van der Waals surface area contributed by atoms with Gasteiger partial charge in [-0.25, -0.2) is 17.7 Å². The number of carbonyl (C=O) groups excluding carboxylic acids is 1. The number of amides is 1. The van der Waals surface area contributed by atoms with Gasteiger partial charge in [0.15, 0.2) is 16.6 Å². The summed E-state index contributed by atoms with van der Waals surface area (Å²) in [6.45, 7) is 0.0839. The molecule has 1 N–H and O–H groups in total. The molecular weight excluding hydrogens is 414 g/mol. The van der Waals surface area contributed by atoms with E-state index in [2.05, 4.69) is 10.3 Å². The van der Waals surface area contributed by atoms with Crippen LogP contribution in [-0.4, -0.2) is 44.5 Å². The maximum Gasteiger partial charge on any atom is 0.261 e. The molecule has 4 rings (SSSR count). The van der Waals surface area contributed by atoms with Gasteiger partial charge in [-0.05, 0) is 24.3 Å². The number of sulfonamides is 1. The van der Waals surface area contributed by atoms with Gasteiger partial charge < -0.3 is 9.47 Å². The van der Waals surface area contributed by atoms with Crippen molar-refractivity contribution in [2.45, 2.75) is 4.90 Å². The Morgan fingerprint density at radius 1 is 1.14 bits per heavy atom. The molecule has 0 saturated heterocycles. The van der Waals surface area contributed by atoms with Gasteiger partial charge in [0.05, 0.1) is 16.2 Å². The van der Waals surface area contributed by atoms with Gasteiger partial charge in [0.1, 0.15) is 0 Å². The molecular formula is C19H17N3O5S2. The molecule has 0 atom stereocenters. The van der Waals surface area contributed by atoms with Gasteiger partial charge >= 0.3 is 0 Å². The summed E-state index contributed by atoms with van der Waals surface area (Å²) in [5.41, 5.74) is 1.75. The van der Waals surface area contributed by atoms with Crippen LogP contribution in [-0.2, 0) is 10.0 Å². The van der Waals surface area contributed by atoms with Crippen LogP contribution in [0.2, 0.25) is 0 Å². The summed E-state index contributed by atoms with van der Waals surface area (Å²) in [6, 6.07) is 11.6. The molecule has 10 heteroatoms. The van der Waals surface area contributed by atoms with Crippen LogP contribution in [0.5, 0.6) is 11.5 Å². The lowest BCUT2D eigenvalue weighted by atomic mass is 10.2. The van der Waals surface area contributed by atoms with E-state index in [1.165, 1.54) is 37.6 Å². The minimum absolute atomic E-state index is 0.0839. The number of rotatable bonds is 5. The highest BCUT2D eigenvalue weighted by Gasteiger charge is 2.22. The quantitative estimate of drug-likeness (QED) is 0.667. The molecule has 2 aromatic carbocycles. The van der Waals surface area contributed by atoms with E-state index in [4.69, 9.17) is 9.47 Å². The minimum atomic E-state index is -3.49. The maximum atomic E-state index is 12.6. The van der Waals surface area contributed by atoms with Crippen LogP contribution in [0.3, 0.4) is 0 Å². The Morgan fingerprint density at radius 2 is 1.90 bits per heavy atom. The molecule has 0 aliphatic carbocycles. The Balaban J connectivity index is 1.52. The van der Waals surface area contributed by atoms with Crippen molar-refractivity contribution in [2.24, 2.45) is 0 Å². The summed E-state index contributed by atoms with van der Waals surface area (Å²) in [7, 11) is -0.518. The van der Waals surface area contributed by atoms with Crippen LogP contribution in [0.1, 0.15) is 10.4 Å². The first-order valence-corrected chi connectivity index (χ1v) is 10.9. The van der Waals surface area contributed by atoms with Crippen molar-refractivity contribution < 1.29 is 22.7 Å². The third-order valence-corrected chi connectivity index (χ3v) is 6.88. The van der Waals surface area contributed by atoms with E-state index in [-0.39, 0.29) is 17.6 Å². The number of ether oxygens (including phenoxy) is 2. The number of hydrogen-bond acceptors (Lipinski definition) is 7. The highest BCUT2D eigenvalue weighted by atomic mass is 32.2. The van der Waals surface area contributed by atoms with Gasteiger partial charge in [0, 0.05) is 25.0 Å². The molecule has 1 aliphatic rings. The largest absolute Gasteiger partial charge is 0.454 e. The lowest BCUT2D eigenvalue weighted by molar-refractivity contribution is 0.102. The fourth-order valence-corrected chi connectivity index (χ4v) is 4.36. The normalized spacial score (nSPS) is 12.9. The summed E-state index contributed by atoms with van der Waals surface area (Å²) in [5, 5.41) is 4.97. The first kappa shape index (κ1) is 19.4. The Morgan fingerprint density at radius 3 is 2.62 bits per heavy atom. The molecule has 1 aromatic heterocycles. The Hall–Kier alpha value is -2.95. The number of fused-ring (bicyclic) bond motifs is 1. The second-order valence-electron chi connectivity index (χ2n) is 6.34. The summed E-state index contributed by atoms with van der Waals surface area (Å²) in [4.78, 5) is 17.2. The van der Waals surface area contributed by atoms with E-state index in [1.807, 2.05) is 0 Å². The van der Waals surface area contributed by atoms with Crippen molar-refractivity contribution in [1.82, 2.24) is 9.29 Å². The van der Waals surface area contributed by atoms with Crippen molar-refractivity contribution in [3.8, 4) is 22.8 Å². The van der Waals surface area contributed by atoms with Crippen LogP contribution in [0.4, 0.5) is 5.13 Å². The maximum absolute atomic E-state index is 12.6. The van der Waals surface area contributed by atoms with E-state index < -0.39 is 10.0 Å². The predicted octanol–water partition coefficient (Wildman–Crippen LogP) is 3.04. The van der Waals surface area contributed by atoms with Crippen molar-refractivity contribution in [3.63, 3.8) is 0 Å². The smallest absolute Gasteiger partial charge is 0.261 e. The summed E-state index contributed by atoms with van der Waals surface area (Å²) in [5.74, 6) is 0.602. The van der Waals surface area contributed by atoms with Crippen molar-refractivity contribution in [2.75, 3.05) is 26.2 Å². The van der Waals surface area contributed by atoms with Crippen molar-refractivity contribution >= 4 is 32.4 Å². The Kier molecular flexibility index (Phi) is 4.99. The van der Waals surface area contributed by atoms with Gasteiger partial charge in [-0.3, -0.25) is 10.1 Å². The topological polar surface area (TPSA) is 97.8 Å². The molecule has 150 valence electrons. The van der Waals surface area contributed by atoms with E-state index in [0.717, 1.165) is 9.87 Å². The van der Waals surface area contributed by atoms with Gasteiger partial charge in [-0.1, -0.05) is 18.2 Å². The molecule has 0 fully saturated rings. The second-order valence-corrected chi connectivity index (χ2v) is 9.35. The summed E-state index contributed by atoms with van der Waals surface area (Å²) < 4.78 is 36.1. The number of anilines is 1. The summed E-state index contributed by atoms with van der Waals surface area (Å²) >= 11 is 1.27. The fraction of sp³-hybridized carbons (Fsp3) is 0.158. The molecule has 1 amide bonds.